The van der Waals surface area contributed by atoms with E-state index in [-0.39, 0.29) is 17.4 Å². The van der Waals surface area contributed by atoms with Gasteiger partial charge in [0.15, 0.2) is 0 Å². The molecular weight excluding hydrogens is 309 g/mol. The summed E-state index contributed by atoms with van der Waals surface area (Å²) in [6.07, 6.45) is -4.21. The Kier molecular flexibility index (Phi) is 4.45. The van der Waals surface area contributed by atoms with Gasteiger partial charge in [0.25, 0.3) is 0 Å². The van der Waals surface area contributed by atoms with Crippen molar-refractivity contribution in [3.05, 3.63) is 24.3 Å². The summed E-state index contributed by atoms with van der Waals surface area (Å²) in [5.74, 6) is -0.479. The molecule has 1 atom stereocenters. The van der Waals surface area contributed by atoms with Crippen LogP contribution in [0.4, 0.5) is 13.2 Å². The predicted octanol–water partition coefficient (Wildman–Crippen LogP) is 1.55. The van der Waals surface area contributed by atoms with Crippen LogP contribution in [-0.4, -0.2) is 38.7 Å². The van der Waals surface area contributed by atoms with Crippen molar-refractivity contribution in [2.75, 3.05) is 19.6 Å². The molecule has 1 aromatic carbocycles. The third-order valence-corrected chi connectivity index (χ3v) is 5.12. The van der Waals surface area contributed by atoms with Gasteiger partial charge < -0.3 is 10.5 Å². The van der Waals surface area contributed by atoms with E-state index in [4.69, 9.17) is 5.73 Å². The number of hydrogen-bond acceptors (Lipinski definition) is 4. The molecule has 0 aromatic heterocycles. The Balaban J connectivity index is 2.23. The molecule has 9 heteroatoms. The highest BCUT2D eigenvalue weighted by molar-refractivity contribution is 7.89. The molecule has 0 spiro atoms. The van der Waals surface area contributed by atoms with Gasteiger partial charge in [0.1, 0.15) is 5.75 Å². The van der Waals surface area contributed by atoms with E-state index in [2.05, 4.69) is 4.74 Å². The van der Waals surface area contributed by atoms with Crippen LogP contribution >= 0.6 is 0 Å². The fourth-order valence-corrected chi connectivity index (χ4v) is 3.76. The first-order valence-corrected chi connectivity index (χ1v) is 7.72. The molecule has 2 N–H and O–H groups in total. The van der Waals surface area contributed by atoms with Crippen LogP contribution in [0.15, 0.2) is 29.2 Å². The van der Waals surface area contributed by atoms with E-state index in [0.717, 1.165) is 12.1 Å². The lowest BCUT2D eigenvalue weighted by molar-refractivity contribution is -0.274. The lowest BCUT2D eigenvalue weighted by Crippen LogP contribution is -2.30. The number of rotatable bonds is 4. The molecule has 0 saturated carbocycles. The molecule has 1 aliphatic rings. The molecule has 21 heavy (non-hydrogen) atoms. The average Bonchev–Trinajstić information content (AvgIpc) is 2.86. The fourth-order valence-electron chi connectivity index (χ4n) is 2.19. The maximum Gasteiger partial charge on any atom is 0.573 e. The number of benzene rings is 1. The van der Waals surface area contributed by atoms with E-state index < -0.39 is 22.1 Å². The normalized spacial score (nSPS) is 20.7. The second-order valence-corrected chi connectivity index (χ2v) is 6.71. The smallest absolute Gasteiger partial charge is 0.406 e. The Morgan fingerprint density at radius 3 is 2.67 bits per heavy atom. The standard InChI is InChI=1S/C12H15F3N2O3S/c13-12(14,15)20-10-2-1-3-11(6-10)21(18,19)17-5-4-9(7-16)8-17/h1-3,6,9H,4-5,7-8,16H2/t9-/m1/s1. The zero-order valence-electron chi connectivity index (χ0n) is 11.0. The third kappa shape index (κ3) is 3.86. The van der Waals surface area contributed by atoms with Gasteiger partial charge in [-0.25, -0.2) is 8.42 Å². The van der Waals surface area contributed by atoms with E-state index in [0.29, 0.717) is 19.5 Å². The summed E-state index contributed by atoms with van der Waals surface area (Å²) in [6.45, 7) is 0.973. The van der Waals surface area contributed by atoms with E-state index in [9.17, 15) is 21.6 Å². The van der Waals surface area contributed by atoms with Gasteiger partial charge in [-0.05, 0) is 31.0 Å². The van der Waals surface area contributed by atoms with Crippen LogP contribution in [0.5, 0.6) is 5.75 Å². The topological polar surface area (TPSA) is 72.6 Å². The van der Waals surface area contributed by atoms with Crippen molar-refractivity contribution in [1.29, 1.82) is 0 Å². The Morgan fingerprint density at radius 2 is 2.10 bits per heavy atom. The summed E-state index contributed by atoms with van der Waals surface area (Å²) in [4.78, 5) is -0.220. The molecule has 0 aliphatic carbocycles. The Labute approximate surface area is 120 Å². The molecule has 0 amide bonds. The minimum Gasteiger partial charge on any atom is -0.406 e. The molecule has 0 bridgehead atoms. The van der Waals surface area contributed by atoms with Gasteiger partial charge in [0.05, 0.1) is 4.90 Å². The van der Waals surface area contributed by atoms with E-state index in [1.54, 1.807) is 0 Å². The SMILES string of the molecule is NC[C@H]1CCN(S(=O)(=O)c2cccc(OC(F)(F)F)c2)C1. The maximum absolute atomic E-state index is 12.4. The molecule has 1 saturated heterocycles. The molecule has 1 fully saturated rings. The number of nitrogens with two attached hydrogens (primary N) is 1. The predicted molar refractivity (Wildman–Crippen MR) is 69.0 cm³/mol. The molecule has 0 radical (unpaired) electrons. The van der Waals surface area contributed by atoms with Gasteiger partial charge in [0, 0.05) is 19.2 Å². The number of halogens is 3. The first-order valence-electron chi connectivity index (χ1n) is 6.28. The van der Waals surface area contributed by atoms with Crippen molar-refractivity contribution in [3.63, 3.8) is 0 Å². The summed E-state index contributed by atoms with van der Waals surface area (Å²) in [5.41, 5.74) is 5.51. The van der Waals surface area contributed by atoms with Crippen molar-refractivity contribution in [1.82, 2.24) is 4.31 Å². The van der Waals surface area contributed by atoms with Crippen molar-refractivity contribution in [2.45, 2.75) is 17.7 Å². The van der Waals surface area contributed by atoms with Crippen LogP contribution in [-0.2, 0) is 10.0 Å². The van der Waals surface area contributed by atoms with Gasteiger partial charge in [-0.15, -0.1) is 13.2 Å². The van der Waals surface area contributed by atoms with Gasteiger partial charge in [0.2, 0.25) is 10.0 Å². The molecule has 2 rings (SSSR count). The summed E-state index contributed by atoms with van der Waals surface area (Å²) in [6, 6.07) is 4.39. The quantitative estimate of drug-likeness (QED) is 0.912. The zero-order valence-corrected chi connectivity index (χ0v) is 11.8. The van der Waals surface area contributed by atoms with Crippen molar-refractivity contribution in [2.24, 2.45) is 11.7 Å². The third-order valence-electron chi connectivity index (χ3n) is 3.26. The number of nitrogens with zero attached hydrogens (tertiary/aromatic N) is 1. The zero-order chi connectivity index (χ0) is 15.7. The Bertz CT molecular complexity index is 604. The number of sulfonamides is 1. The molecular formula is C12H15F3N2O3S. The highest BCUT2D eigenvalue weighted by Crippen LogP contribution is 2.28. The van der Waals surface area contributed by atoms with Crippen molar-refractivity contribution in [3.8, 4) is 5.75 Å². The maximum atomic E-state index is 12.4. The molecule has 0 unspecified atom stereocenters. The number of alkyl halides is 3. The van der Waals surface area contributed by atoms with Crippen LogP contribution in [0.1, 0.15) is 6.42 Å². The second kappa shape index (κ2) is 5.82. The average molecular weight is 324 g/mol. The van der Waals surface area contributed by atoms with E-state index in [1.807, 2.05) is 0 Å². The van der Waals surface area contributed by atoms with E-state index >= 15 is 0 Å². The highest BCUT2D eigenvalue weighted by Gasteiger charge is 2.34. The van der Waals surface area contributed by atoms with Gasteiger partial charge in [-0.3, -0.25) is 0 Å². The first-order chi connectivity index (χ1) is 9.72. The molecule has 118 valence electrons. The first kappa shape index (κ1) is 16.1. The fraction of sp³-hybridized carbons (Fsp3) is 0.500. The van der Waals surface area contributed by atoms with Crippen LogP contribution in [0.3, 0.4) is 0 Å². The highest BCUT2D eigenvalue weighted by atomic mass is 32.2. The van der Waals surface area contributed by atoms with Gasteiger partial charge >= 0.3 is 6.36 Å². The lowest BCUT2D eigenvalue weighted by atomic mass is 10.1. The molecule has 5 nitrogen and oxygen atoms in total. The largest absolute Gasteiger partial charge is 0.573 e. The summed E-state index contributed by atoms with van der Waals surface area (Å²) < 4.78 is 66.2. The number of hydrogen-bond donors (Lipinski definition) is 1. The molecule has 1 aromatic rings. The van der Waals surface area contributed by atoms with E-state index in [1.165, 1.54) is 16.4 Å². The molecule has 1 aliphatic heterocycles. The lowest BCUT2D eigenvalue weighted by Gasteiger charge is -2.17. The van der Waals surface area contributed by atoms with Gasteiger partial charge in [-0.2, -0.15) is 4.31 Å². The van der Waals surface area contributed by atoms with Crippen molar-refractivity contribution < 1.29 is 26.3 Å². The van der Waals surface area contributed by atoms with Crippen molar-refractivity contribution >= 4 is 10.0 Å². The molecule has 1 heterocycles. The summed E-state index contributed by atoms with van der Waals surface area (Å²) in [5, 5.41) is 0. The summed E-state index contributed by atoms with van der Waals surface area (Å²) in [7, 11) is -3.83. The number of ether oxygens (including phenoxy) is 1. The van der Waals surface area contributed by atoms with Gasteiger partial charge in [-0.1, -0.05) is 6.07 Å². The monoisotopic (exact) mass is 324 g/mol. The Hall–Kier alpha value is -1.32. The summed E-state index contributed by atoms with van der Waals surface area (Å²) >= 11 is 0. The van der Waals surface area contributed by atoms with Crippen LogP contribution in [0, 0.1) is 5.92 Å². The van der Waals surface area contributed by atoms with Crippen LogP contribution in [0.25, 0.3) is 0 Å². The minimum absolute atomic E-state index is 0.0781. The van der Waals surface area contributed by atoms with Crippen LogP contribution in [0.2, 0.25) is 0 Å². The minimum atomic E-state index is -4.86. The second-order valence-electron chi connectivity index (χ2n) is 4.78. The van der Waals surface area contributed by atoms with Crippen LogP contribution < -0.4 is 10.5 Å². The Morgan fingerprint density at radius 1 is 1.38 bits per heavy atom.